The Labute approximate surface area is 384 Å². The van der Waals surface area contributed by atoms with E-state index in [2.05, 4.69) is 220 Å². The predicted octanol–water partition coefficient (Wildman–Crippen LogP) is 17.6. The summed E-state index contributed by atoms with van der Waals surface area (Å²) in [7, 11) is 0. The third kappa shape index (κ3) is 6.10. The number of benzene rings is 10. The summed E-state index contributed by atoms with van der Waals surface area (Å²) < 4.78 is 13.0. The van der Waals surface area contributed by atoms with Crippen LogP contribution in [0.4, 0.5) is 0 Å². The van der Waals surface area contributed by atoms with Crippen LogP contribution in [-0.2, 0) is 5.41 Å². The molecule has 0 aliphatic heterocycles. The van der Waals surface area contributed by atoms with Gasteiger partial charge in [0.25, 0.3) is 0 Å². The maximum absolute atomic E-state index is 6.54. The Hall–Kier alpha value is -8.20. The smallest absolute Gasteiger partial charge is 0.143 e. The van der Waals surface area contributed by atoms with Crippen molar-refractivity contribution >= 4 is 43.9 Å². The van der Waals surface area contributed by atoms with E-state index in [4.69, 9.17) is 8.83 Å². The second kappa shape index (κ2) is 14.9. The zero-order valence-electron chi connectivity index (χ0n) is 36.8. The molecule has 1 unspecified atom stereocenters. The molecule has 2 nitrogen and oxygen atoms in total. The zero-order valence-corrected chi connectivity index (χ0v) is 36.8. The van der Waals surface area contributed by atoms with Gasteiger partial charge in [-0.25, -0.2) is 0 Å². The first-order valence-corrected chi connectivity index (χ1v) is 22.9. The Morgan fingerprint density at radius 2 is 0.758 bits per heavy atom. The summed E-state index contributed by atoms with van der Waals surface area (Å²) in [4.78, 5) is 0. The molecular weight excluding hydrogens is 801 g/mol. The molecule has 66 heavy (non-hydrogen) atoms. The highest BCUT2D eigenvalue weighted by molar-refractivity contribution is 6.10. The fraction of sp³-hybridized carbons (Fsp3) is 0.0625. The molecule has 2 heterocycles. The number of furan rings is 2. The molecule has 0 saturated carbocycles. The number of rotatable bonds is 7. The predicted molar refractivity (Wildman–Crippen MR) is 274 cm³/mol. The Morgan fingerprint density at radius 1 is 0.303 bits per heavy atom. The lowest BCUT2D eigenvalue weighted by Gasteiger charge is -2.22. The van der Waals surface area contributed by atoms with Gasteiger partial charge in [0, 0.05) is 44.0 Å². The van der Waals surface area contributed by atoms with Gasteiger partial charge in [-0.2, -0.15) is 0 Å². The molecule has 0 N–H and O–H groups in total. The monoisotopic (exact) mass is 844 g/mol. The van der Waals surface area contributed by atoms with Gasteiger partial charge in [0.1, 0.15) is 22.3 Å². The second-order valence-corrected chi connectivity index (χ2v) is 18.4. The van der Waals surface area contributed by atoms with Crippen molar-refractivity contribution in [3.8, 4) is 55.6 Å². The van der Waals surface area contributed by atoms with Crippen LogP contribution in [0, 0.1) is 0 Å². The van der Waals surface area contributed by atoms with Crippen LogP contribution in [-0.4, -0.2) is 0 Å². The minimum atomic E-state index is -0.0548. The van der Waals surface area contributed by atoms with Crippen molar-refractivity contribution in [2.75, 3.05) is 0 Å². The van der Waals surface area contributed by atoms with E-state index >= 15 is 0 Å². The molecule has 2 aromatic heterocycles. The molecule has 13 rings (SSSR count). The summed E-state index contributed by atoms with van der Waals surface area (Å²) in [5, 5.41) is 4.55. The molecule has 12 aromatic rings. The molecular formula is C64H44O2. The topological polar surface area (TPSA) is 26.3 Å². The van der Waals surface area contributed by atoms with Gasteiger partial charge in [-0.15, -0.1) is 0 Å². The number of para-hydroxylation sites is 4. The number of hydrogen-bond acceptors (Lipinski definition) is 2. The molecule has 0 spiro atoms. The molecule has 312 valence electrons. The first kappa shape index (κ1) is 38.3. The number of fused-ring (bicyclic) bond motifs is 9. The molecule has 0 saturated heterocycles. The van der Waals surface area contributed by atoms with E-state index in [1.165, 1.54) is 55.6 Å². The lowest BCUT2D eigenvalue weighted by Crippen LogP contribution is -2.14. The normalized spacial score (nSPS) is 13.4. The van der Waals surface area contributed by atoms with Crippen LogP contribution < -0.4 is 0 Å². The average molecular weight is 845 g/mol. The molecule has 1 aliphatic carbocycles. The van der Waals surface area contributed by atoms with Crippen LogP contribution in [0.3, 0.4) is 0 Å². The van der Waals surface area contributed by atoms with Gasteiger partial charge in [0.2, 0.25) is 0 Å². The third-order valence-corrected chi connectivity index (χ3v) is 14.3. The van der Waals surface area contributed by atoms with Crippen molar-refractivity contribution in [2.45, 2.75) is 25.2 Å². The molecule has 1 atom stereocenters. The minimum absolute atomic E-state index is 0.0200. The van der Waals surface area contributed by atoms with Gasteiger partial charge in [-0.1, -0.05) is 214 Å². The van der Waals surface area contributed by atoms with Gasteiger partial charge in [0.05, 0.1) is 0 Å². The summed E-state index contributed by atoms with van der Waals surface area (Å²) in [6.07, 6.45) is 0. The third-order valence-electron chi connectivity index (χ3n) is 14.3. The quantitative estimate of drug-likeness (QED) is 0.149. The van der Waals surface area contributed by atoms with Crippen molar-refractivity contribution in [1.29, 1.82) is 0 Å². The highest BCUT2D eigenvalue weighted by atomic mass is 16.3. The summed E-state index contributed by atoms with van der Waals surface area (Å²) in [6, 6.07) is 81.7. The van der Waals surface area contributed by atoms with Gasteiger partial charge in [-0.3, -0.25) is 0 Å². The Balaban J connectivity index is 0.891. The fourth-order valence-corrected chi connectivity index (χ4v) is 10.9. The lowest BCUT2D eigenvalue weighted by molar-refractivity contribution is 0.660. The van der Waals surface area contributed by atoms with Crippen LogP contribution >= 0.6 is 0 Å². The summed E-state index contributed by atoms with van der Waals surface area (Å²) in [6.45, 7) is 4.70. The van der Waals surface area contributed by atoms with Gasteiger partial charge in [0.15, 0.2) is 0 Å². The van der Waals surface area contributed by atoms with E-state index in [-0.39, 0.29) is 11.3 Å². The molecule has 2 heteroatoms. The first-order valence-electron chi connectivity index (χ1n) is 22.9. The maximum atomic E-state index is 6.54. The summed E-state index contributed by atoms with van der Waals surface area (Å²) in [5.41, 5.74) is 22.0. The van der Waals surface area contributed by atoms with Crippen LogP contribution in [0.15, 0.2) is 233 Å². The molecule has 0 fully saturated rings. The first-order chi connectivity index (χ1) is 32.5. The van der Waals surface area contributed by atoms with Crippen molar-refractivity contribution in [1.82, 2.24) is 0 Å². The average Bonchev–Trinajstić information content (AvgIpc) is 4.02. The fourth-order valence-electron chi connectivity index (χ4n) is 10.9. The molecule has 0 radical (unpaired) electrons. The highest BCUT2D eigenvalue weighted by Crippen LogP contribution is 2.50. The second-order valence-electron chi connectivity index (χ2n) is 18.4. The SMILES string of the molecule is CC1(C)c2ccccc2-c2ccc(-c3ccc(C(c4ccc(-c5cccc(-c6cccc7c6oc6ccccc67)c5)cc4)c4cccc(-c5cccc6c5oc5ccccc56)c4)cc3)cc21. The Kier molecular flexibility index (Phi) is 8.66. The molecule has 10 aromatic carbocycles. The van der Waals surface area contributed by atoms with E-state index in [9.17, 15) is 0 Å². The Morgan fingerprint density at radius 3 is 1.39 bits per heavy atom. The number of hydrogen-bond donors (Lipinski definition) is 0. The van der Waals surface area contributed by atoms with Gasteiger partial charge >= 0.3 is 0 Å². The van der Waals surface area contributed by atoms with E-state index < -0.39 is 0 Å². The largest absolute Gasteiger partial charge is 0.455 e. The molecule has 0 bridgehead atoms. The summed E-state index contributed by atoms with van der Waals surface area (Å²) in [5.74, 6) is -0.0200. The van der Waals surface area contributed by atoms with Crippen LogP contribution in [0.2, 0.25) is 0 Å². The zero-order chi connectivity index (χ0) is 43.9. The van der Waals surface area contributed by atoms with Crippen molar-refractivity contribution in [3.63, 3.8) is 0 Å². The maximum Gasteiger partial charge on any atom is 0.143 e. The minimum Gasteiger partial charge on any atom is -0.455 e. The summed E-state index contributed by atoms with van der Waals surface area (Å²) >= 11 is 0. The van der Waals surface area contributed by atoms with Crippen molar-refractivity contribution in [2.24, 2.45) is 0 Å². The van der Waals surface area contributed by atoms with Crippen LogP contribution in [0.25, 0.3) is 99.5 Å². The van der Waals surface area contributed by atoms with E-state index in [0.717, 1.165) is 71.7 Å². The van der Waals surface area contributed by atoms with Crippen molar-refractivity contribution in [3.05, 3.63) is 252 Å². The van der Waals surface area contributed by atoms with E-state index in [1.807, 2.05) is 18.2 Å². The molecule has 1 aliphatic rings. The van der Waals surface area contributed by atoms with Gasteiger partial charge < -0.3 is 8.83 Å². The van der Waals surface area contributed by atoms with Crippen molar-refractivity contribution < 1.29 is 8.83 Å². The van der Waals surface area contributed by atoms with E-state index in [1.54, 1.807) is 0 Å². The van der Waals surface area contributed by atoms with Crippen LogP contribution in [0.5, 0.6) is 0 Å². The van der Waals surface area contributed by atoms with E-state index in [0.29, 0.717) is 0 Å². The molecule has 0 amide bonds. The standard InChI is InChI=1S/C64H44O2/c1-64(2)57-24-6-3-17-51(57)52-36-35-45(39-58(52)64)41-29-33-43(34-30-41)61(48-16-10-15-47(38-48)50-21-12-23-56-54-19-5-8-26-60(54)66-63(50)56)42-31-27-40(28-32-42)44-13-9-14-46(37-44)49-20-11-22-55-53-18-4-7-25-59(53)65-62(49)55/h3-39,61H,1-2H3. The lowest BCUT2D eigenvalue weighted by atomic mass is 9.81. The van der Waals surface area contributed by atoms with Gasteiger partial charge in [-0.05, 0) is 96.6 Å². The van der Waals surface area contributed by atoms with Crippen LogP contribution in [0.1, 0.15) is 47.6 Å². The highest BCUT2D eigenvalue weighted by Gasteiger charge is 2.35. The Bertz CT molecular complexity index is 3840.